The SMILES string of the molecule is C[C@H]1CN(Cc2nc3c(c(=O)[nH]c(=O)n3C)n2Cc2c(F)cccc2Cl)C[C@H](C)O1. The molecule has 0 radical (unpaired) electrons. The minimum Gasteiger partial charge on any atom is -0.373 e. The van der Waals surface area contributed by atoms with E-state index in [1.54, 1.807) is 10.6 Å². The molecule has 10 heteroatoms. The van der Waals surface area contributed by atoms with Crippen molar-refractivity contribution in [1.29, 1.82) is 0 Å². The quantitative estimate of drug-likeness (QED) is 0.676. The highest BCUT2D eigenvalue weighted by Crippen LogP contribution is 2.23. The van der Waals surface area contributed by atoms with E-state index in [-0.39, 0.29) is 40.5 Å². The molecule has 1 saturated heterocycles. The Labute approximate surface area is 176 Å². The van der Waals surface area contributed by atoms with Crippen LogP contribution in [-0.2, 0) is 24.9 Å². The number of aryl methyl sites for hydroxylation is 1. The van der Waals surface area contributed by atoms with Crippen molar-refractivity contribution >= 4 is 22.8 Å². The van der Waals surface area contributed by atoms with Gasteiger partial charge in [-0.15, -0.1) is 0 Å². The zero-order valence-corrected chi connectivity index (χ0v) is 17.7. The molecule has 1 aromatic carbocycles. The maximum atomic E-state index is 14.5. The molecule has 8 nitrogen and oxygen atoms in total. The van der Waals surface area contributed by atoms with Crippen LogP contribution in [0.4, 0.5) is 4.39 Å². The zero-order valence-electron chi connectivity index (χ0n) is 17.0. The van der Waals surface area contributed by atoms with Crippen LogP contribution < -0.4 is 11.2 Å². The molecule has 1 fully saturated rings. The van der Waals surface area contributed by atoms with E-state index in [4.69, 9.17) is 16.3 Å². The summed E-state index contributed by atoms with van der Waals surface area (Å²) in [6.07, 6.45) is 0.112. The Morgan fingerprint density at radius 1 is 1.23 bits per heavy atom. The lowest BCUT2D eigenvalue weighted by Crippen LogP contribution is -2.45. The Morgan fingerprint density at radius 2 is 1.93 bits per heavy atom. The Balaban J connectivity index is 1.85. The van der Waals surface area contributed by atoms with Crippen molar-refractivity contribution < 1.29 is 9.13 Å². The zero-order chi connectivity index (χ0) is 21.6. The van der Waals surface area contributed by atoms with E-state index >= 15 is 0 Å². The van der Waals surface area contributed by atoms with Gasteiger partial charge in [0.1, 0.15) is 11.6 Å². The van der Waals surface area contributed by atoms with Crippen molar-refractivity contribution in [3.63, 3.8) is 0 Å². The summed E-state index contributed by atoms with van der Waals surface area (Å²) in [5, 5.41) is 0.262. The highest BCUT2D eigenvalue weighted by atomic mass is 35.5. The normalized spacial score (nSPS) is 20.2. The number of nitrogens with one attached hydrogen (secondary N) is 1. The number of imidazole rings is 1. The smallest absolute Gasteiger partial charge is 0.329 e. The van der Waals surface area contributed by atoms with Gasteiger partial charge in [-0.2, -0.15) is 0 Å². The Morgan fingerprint density at radius 3 is 2.60 bits per heavy atom. The van der Waals surface area contributed by atoms with Crippen molar-refractivity contribution in [2.45, 2.75) is 39.1 Å². The van der Waals surface area contributed by atoms with Gasteiger partial charge in [-0.05, 0) is 26.0 Å². The first-order valence-corrected chi connectivity index (χ1v) is 10.1. The summed E-state index contributed by atoms with van der Waals surface area (Å²) < 4.78 is 23.2. The third-order valence-corrected chi connectivity index (χ3v) is 5.68. The largest absolute Gasteiger partial charge is 0.373 e. The average Bonchev–Trinajstić information content (AvgIpc) is 3.01. The number of aromatic nitrogens is 4. The number of H-pyrrole nitrogens is 1. The first-order chi connectivity index (χ1) is 14.2. The van der Waals surface area contributed by atoms with Gasteiger partial charge in [0, 0.05) is 30.7 Å². The predicted octanol–water partition coefficient (Wildman–Crippen LogP) is 1.87. The van der Waals surface area contributed by atoms with Crippen LogP contribution in [0.1, 0.15) is 25.2 Å². The van der Waals surface area contributed by atoms with Crippen LogP contribution in [0.15, 0.2) is 27.8 Å². The van der Waals surface area contributed by atoms with Crippen LogP contribution in [0.2, 0.25) is 5.02 Å². The molecule has 1 N–H and O–H groups in total. The fourth-order valence-electron chi connectivity index (χ4n) is 4.03. The maximum absolute atomic E-state index is 14.5. The van der Waals surface area contributed by atoms with E-state index < -0.39 is 17.1 Å². The lowest BCUT2D eigenvalue weighted by atomic mass is 10.2. The van der Waals surface area contributed by atoms with Gasteiger partial charge in [0.25, 0.3) is 5.56 Å². The molecule has 30 heavy (non-hydrogen) atoms. The molecule has 2 aromatic heterocycles. The fourth-order valence-corrected chi connectivity index (χ4v) is 4.25. The highest BCUT2D eigenvalue weighted by molar-refractivity contribution is 6.31. The molecule has 0 unspecified atom stereocenters. The number of nitrogens with zero attached hydrogens (tertiary/aromatic N) is 4. The molecular weight excluding hydrogens is 413 g/mol. The predicted molar refractivity (Wildman–Crippen MR) is 111 cm³/mol. The molecule has 0 spiro atoms. The summed E-state index contributed by atoms with van der Waals surface area (Å²) >= 11 is 6.23. The fraction of sp³-hybridized carbons (Fsp3) is 0.450. The molecule has 3 heterocycles. The van der Waals surface area contributed by atoms with Crippen molar-refractivity contribution in [3.8, 4) is 0 Å². The minimum atomic E-state index is -0.567. The molecule has 2 atom stereocenters. The number of hydrogen-bond acceptors (Lipinski definition) is 5. The number of ether oxygens (including phenoxy) is 1. The van der Waals surface area contributed by atoms with Gasteiger partial charge >= 0.3 is 5.69 Å². The van der Waals surface area contributed by atoms with Crippen molar-refractivity contribution in [3.05, 3.63) is 61.3 Å². The Hall–Kier alpha value is -2.49. The molecule has 3 aromatic rings. The standard InChI is InChI=1S/C20H23ClFN5O3/c1-11-7-26(8-12(2)30-11)10-16-23-18-17(19(28)24-20(29)25(18)3)27(16)9-13-14(21)5-4-6-15(13)22/h4-6,11-12H,7-10H2,1-3H3,(H,24,28,29)/t11-,12-/m0/s1. The van der Waals surface area contributed by atoms with Crippen LogP contribution in [0.5, 0.6) is 0 Å². The summed E-state index contributed by atoms with van der Waals surface area (Å²) in [7, 11) is 1.54. The second kappa shape index (κ2) is 7.98. The lowest BCUT2D eigenvalue weighted by molar-refractivity contribution is -0.0712. The van der Waals surface area contributed by atoms with E-state index in [0.717, 1.165) is 0 Å². The Kier molecular flexibility index (Phi) is 5.52. The van der Waals surface area contributed by atoms with Gasteiger partial charge in [-0.1, -0.05) is 17.7 Å². The molecule has 1 aliphatic rings. The second-order valence-corrected chi connectivity index (χ2v) is 8.16. The third-order valence-electron chi connectivity index (χ3n) is 5.32. The van der Waals surface area contributed by atoms with Crippen LogP contribution in [0, 0.1) is 5.82 Å². The molecule has 1 aliphatic heterocycles. The van der Waals surface area contributed by atoms with Crippen LogP contribution in [0.25, 0.3) is 11.2 Å². The van der Waals surface area contributed by atoms with Gasteiger partial charge in [-0.3, -0.25) is 19.2 Å². The minimum absolute atomic E-state index is 0.0219. The maximum Gasteiger partial charge on any atom is 0.329 e. The number of halogens is 2. The number of benzene rings is 1. The lowest BCUT2D eigenvalue weighted by Gasteiger charge is -2.35. The first-order valence-electron chi connectivity index (χ1n) is 9.73. The van der Waals surface area contributed by atoms with Gasteiger partial charge in [-0.25, -0.2) is 14.2 Å². The van der Waals surface area contributed by atoms with Gasteiger partial charge in [0.15, 0.2) is 11.2 Å². The summed E-state index contributed by atoms with van der Waals surface area (Å²) in [5.41, 5.74) is -0.401. The van der Waals surface area contributed by atoms with Gasteiger partial charge in [0.05, 0.1) is 25.3 Å². The van der Waals surface area contributed by atoms with Crippen molar-refractivity contribution in [1.82, 2.24) is 24.0 Å². The van der Waals surface area contributed by atoms with E-state index in [1.165, 1.54) is 23.7 Å². The summed E-state index contributed by atoms with van der Waals surface area (Å²) in [5.74, 6) is 0.0856. The molecule has 0 bridgehead atoms. The Bertz CT molecular complexity index is 1190. The number of morpholine rings is 1. The topological polar surface area (TPSA) is 85.2 Å². The van der Waals surface area contributed by atoms with E-state index in [0.29, 0.717) is 25.5 Å². The molecule has 0 aliphatic carbocycles. The van der Waals surface area contributed by atoms with E-state index in [1.807, 2.05) is 13.8 Å². The van der Waals surface area contributed by atoms with Crippen LogP contribution >= 0.6 is 11.6 Å². The van der Waals surface area contributed by atoms with E-state index in [2.05, 4.69) is 14.9 Å². The van der Waals surface area contributed by atoms with Gasteiger partial charge < -0.3 is 9.30 Å². The molecule has 160 valence electrons. The average molecular weight is 436 g/mol. The first kappa shape index (κ1) is 20.8. The second-order valence-electron chi connectivity index (χ2n) is 7.76. The summed E-state index contributed by atoms with van der Waals surface area (Å²) in [6.45, 7) is 5.84. The van der Waals surface area contributed by atoms with Crippen molar-refractivity contribution in [2.24, 2.45) is 7.05 Å². The number of rotatable bonds is 4. The monoisotopic (exact) mass is 435 g/mol. The number of fused-ring (bicyclic) bond motifs is 1. The van der Waals surface area contributed by atoms with Crippen LogP contribution in [0.3, 0.4) is 0 Å². The molecule has 0 saturated carbocycles. The van der Waals surface area contributed by atoms with Crippen molar-refractivity contribution in [2.75, 3.05) is 13.1 Å². The van der Waals surface area contributed by atoms with E-state index in [9.17, 15) is 14.0 Å². The molecule has 0 amide bonds. The highest BCUT2D eigenvalue weighted by Gasteiger charge is 2.26. The van der Waals surface area contributed by atoms with Crippen LogP contribution in [-0.4, -0.2) is 49.3 Å². The number of hydrogen-bond donors (Lipinski definition) is 1. The molecule has 4 rings (SSSR count). The summed E-state index contributed by atoms with van der Waals surface area (Å²) in [6, 6.07) is 4.45. The third kappa shape index (κ3) is 3.80. The molecular formula is C20H23ClFN5O3. The van der Waals surface area contributed by atoms with Gasteiger partial charge in [0.2, 0.25) is 0 Å². The number of aromatic amines is 1. The summed E-state index contributed by atoms with van der Waals surface area (Å²) in [4.78, 5) is 33.8.